The summed E-state index contributed by atoms with van der Waals surface area (Å²) in [6.45, 7) is 1.38. The number of ether oxygens (including phenoxy) is 1. The van der Waals surface area contributed by atoms with E-state index in [4.69, 9.17) is 4.74 Å². The molecule has 0 saturated carbocycles. The van der Waals surface area contributed by atoms with Crippen LogP contribution in [0.3, 0.4) is 0 Å². The van der Waals surface area contributed by atoms with Crippen LogP contribution in [0, 0.1) is 0 Å². The summed E-state index contributed by atoms with van der Waals surface area (Å²) in [5.41, 5.74) is 2.43. The first-order valence-corrected chi connectivity index (χ1v) is 8.75. The molecule has 0 spiro atoms. The third-order valence-electron chi connectivity index (χ3n) is 4.42. The summed E-state index contributed by atoms with van der Waals surface area (Å²) in [5.74, 6) is 0.355. The maximum Gasteiger partial charge on any atom is 0.258 e. The van der Waals surface area contributed by atoms with Gasteiger partial charge in [0.25, 0.3) is 5.91 Å². The number of fused-ring (bicyclic) bond motifs is 1. The Morgan fingerprint density at radius 3 is 2.85 bits per heavy atom. The molecule has 1 unspecified atom stereocenters. The lowest BCUT2D eigenvalue weighted by Crippen LogP contribution is -2.31. The van der Waals surface area contributed by atoms with Crippen LogP contribution in [0.15, 0.2) is 60.9 Å². The van der Waals surface area contributed by atoms with Gasteiger partial charge in [0.1, 0.15) is 5.56 Å². The Bertz CT molecular complexity index is 877. The molecule has 6 heteroatoms. The topological polar surface area (TPSA) is 69.0 Å². The zero-order valence-electron chi connectivity index (χ0n) is 14.3. The number of aromatic nitrogens is 3. The van der Waals surface area contributed by atoms with Crippen molar-refractivity contribution in [1.82, 2.24) is 20.1 Å². The van der Waals surface area contributed by atoms with Crippen molar-refractivity contribution in [3.05, 3.63) is 77.7 Å². The second-order valence-corrected chi connectivity index (χ2v) is 6.26. The van der Waals surface area contributed by atoms with E-state index in [0.717, 1.165) is 24.2 Å². The van der Waals surface area contributed by atoms with Crippen molar-refractivity contribution in [2.75, 3.05) is 6.61 Å². The molecule has 0 aliphatic carbocycles. The zero-order chi connectivity index (χ0) is 17.8. The Morgan fingerprint density at radius 2 is 2.04 bits per heavy atom. The van der Waals surface area contributed by atoms with Crippen molar-refractivity contribution in [2.45, 2.75) is 25.4 Å². The number of rotatable bonds is 5. The van der Waals surface area contributed by atoms with Gasteiger partial charge in [-0.05, 0) is 24.1 Å². The molecule has 1 N–H and O–H groups in total. The van der Waals surface area contributed by atoms with E-state index in [-0.39, 0.29) is 11.9 Å². The normalized spacial score (nSPS) is 14.2. The Kier molecular flexibility index (Phi) is 4.64. The van der Waals surface area contributed by atoms with Crippen molar-refractivity contribution in [2.24, 2.45) is 0 Å². The first-order valence-electron chi connectivity index (χ1n) is 8.75. The van der Waals surface area contributed by atoms with Gasteiger partial charge in [-0.3, -0.25) is 9.78 Å². The van der Waals surface area contributed by atoms with E-state index >= 15 is 0 Å². The van der Waals surface area contributed by atoms with E-state index < -0.39 is 0 Å². The largest absolute Gasteiger partial charge is 0.477 e. The van der Waals surface area contributed by atoms with Crippen molar-refractivity contribution in [3.8, 4) is 5.88 Å². The molecular formula is C20H20N4O2. The molecule has 2 aromatic heterocycles. The van der Waals surface area contributed by atoms with E-state index in [0.29, 0.717) is 24.5 Å². The molecular weight excluding hydrogens is 328 g/mol. The molecule has 3 aromatic rings. The van der Waals surface area contributed by atoms with Gasteiger partial charge in [0.2, 0.25) is 5.88 Å². The molecule has 26 heavy (non-hydrogen) atoms. The van der Waals surface area contributed by atoms with Gasteiger partial charge in [0.05, 0.1) is 24.5 Å². The van der Waals surface area contributed by atoms with Crippen molar-refractivity contribution >= 4 is 5.91 Å². The summed E-state index contributed by atoms with van der Waals surface area (Å²) in [6.07, 6.45) is 4.88. The lowest BCUT2D eigenvalue weighted by molar-refractivity contribution is 0.0929. The van der Waals surface area contributed by atoms with E-state index in [1.54, 1.807) is 17.1 Å². The van der Waals surface area contributed by atoms with Crippen LogP contribution in [-0.2, 0) is 13.0 Å². The lowest BCUT2D eigenvalue weighted by Gasteiger charge is -2.20. The number of nitrogens with zero attached hydrogens (tertiary/aromatic N) is 3. The SMILES string of the molecule is O=C(NC(Cc1ccccc1)c1ccccn1)c1cnn2c1OCCC2. The predicted octanol–water partition coefficient (Wildman–Crippen LogP) is 2.77. The zero-order valence-corrected chi connectivity index (χ0v) is 14.3. The number of hydrogen-bond acceptors (Lipinski definition) is 4. The third-order valence-corrected chi connectivity index (χ3v) is 4.42. The molecule has 1 aromatic carbocycles. The van der Waals surface area contributed by atoms with Gasteiger partial charge in [0.15, 0.2) is 0 Å². The van der Waals surface area contributed by atoms with Gasteiger partial charge in [-0.1, -0.05) is 36.4 Å². The summed E-state index contributed by atoms with van der Waals surface area (Å²) < 4.78 is 7.39. The summed E-state index contributed by atoms with van der Waals surface area (Å²) in [7, 11) is 0. The van der Waals surface area contributed by atoms with E-state index in [2.05, 4.69) is 15.4 Å². The minimum atomic E-state index is -0.231. The lowest BCUT2D eigenvalue weighted by atomic mass is 10.0. The molecule has 1 aliphatic rings. The van der Waals surface area contributed by atoms with Gasteiger partial charge >= 0.3 is 0 Å². The second-order valence-electron chi connectivity index (χ2n) is 6.26. The van der Waals surface area contributed by atoms with E-state index in [1.165, 1.54) is 0 Å². The maximum absolute atomic E-state index is 12.9. The molecule has 6 nitrogen and oxygen atoms in total. The number of amides is 1. The number of aryl methyl sites for hydroxylation is 1. The van der Waals surface area contributed by atoms with Crippen LogP contribution in [0.2, 0.25) is 0 Å². The highest BCUT2D eigenvalue weighted by molar-refractivity contribution is 5.96. The van der Waals surface area contributed by atoms with Crippen molar-refractivity contribution in [3.63, 3.8) is 0 Å². The number of carbonyl (C=O) groups is 1. The highest BCUT2D eigenvalue weighted by atomic mass is 16.5. The predicted molar refractivity (Wildman–Crippen MR) is 96.9 cm³/mol. The average molecular weight is 348 g/mol. The first kappa shape index (κ1) is 16.3. The van der Waals surface area contributed by atoms with Gasteiger partial charge in [0, 0.05) is 19.2 Å². The second kappa shape index (κ2) is 7.39. The molecule has 132 valence electrons. The van der Waals surface area contributed by atoms with Gasteiger partial charge in [-0.25, -0.2) is 4.68 Å². The smallest absolute Gasteiger partial charge is 0.258 e. The van der Waals surface area contributed by atoms with Crippen LogP contribution >= 0.6 is 0 Å². The standard InChI is InChI=1S/C20H20N4O2/c25-19(16-14-22-24-11-6-12-26-20(16)24)23-18(17-9-4-5-10-21-17)13-15-7-2-1-3-8-15/h1-5,7-10,14,18H,6,11-13H2,(H,23,25). The number of hydrogen-bond donors (Lipinski definition) is 1. The molecule has 0 saturated heterocycles. The molecule has 0 bridgehead atoms. The summed E-state index contributed by atoms with van der Waals surface area (Å²) in [6, 6.07) is 15.6. The summed E-state index contributed by atoms with van der Waals surface area (Å²) in [5, 5.41) is 7.36. The maximum atomic E-state index is 12.9. The van der Waals surface area contributed by atoms with Crippen LogP contribution in [0.1, 0.15) is 34.1 Å². The minimum Gasteiger partial charge on any atom is -0.477 e. The fraction of sp³-hybridized carbons (Fsp3) is 0.250. The minimum absolute atomic E-state index is 0.195. The first-order chi connectivity index (χ1) is 12.8. The molecule has 1 aliphatic heterocycles. The van der Waals surface area contributed by atoms with Crippen LogP contribution in [0.4, 0.5) is 0 Å². The fourth-order valence-corrected chi connectivity index (χ4v) is 3.12. The van der Waals surface area contributed by atoms with Gasteiger partial charge in [-0.15, -0.1) is 0 Å². The van der Waals surface area contributed by atoms with Crippen molar-refractivity contribution in [1.29, 1.82) is 0 Å². The fourth-order valence-electron chi connectivity index (χ4n) is 3.12. The number of benzene rings is 1. The molecule has 3 heterocycles. The Labute approximate surface area is 151 Å². The van der Waals surface area contributed by atoms with Crippen LogP contribution in [0.5, 0.6) is 5.88 Å². The van der Waals surface area contributed by atoms with E-state index in [9.17, 15) is 4.79 Å². The van der Waals surface area contributed by atoms with Crippen molar-refractivity contribution < 1.29 is 9.53 Å². The number of pyridine rings is 1. The number of nitrogens with one attached hydrogen (secondary N) is 1. The van der Waals surface area contributed by atoms with Crippen LogP contribution in [-0.4, -0.2) is 27.3 Å². The van der Waals surface area contributed by atoms with Crippen LogP contribution in [0.25, 0.3) is 0 Å². The molecule has 1 atom stereocenters. The van der Waals surface area contributed by atoms with Crippen LogP contribution < -0.4 is 10.1 Å². The Morgan fingerprint density at radius 1 is 1.19 bits per heavy atom. The van der Waals surface area contributed by atoms with Gasteiger partial charge in [-0.2, -0.15) is 5.10 Å². The van der Waals surface area contributed by atoms with Gasteiger partial charge < -0.3 is 10.1 Å². The third kappa shape index (κ3) is 3.44. The monoisotopic (exact) mass is 348 g/mol. The summed E-state index contributed by atoms with van der Waals surface area (Å²) in [4.78, 5) is 17.3. The summed E-state index contributed by atoms with van der Waals surface area (Å²) >= 11 is 0. The highest BCUT2D eigenvalue weighted by Gasteiger charge is 2.24. The Balaban J connectivity index is 1.58. The Hall–Kier alpha value is -3.15. The molecule has 0 fully saturated rings. The molecule has 1 amide bonds. The number of carbonyl (C=O) groups excluding carboxylic acids is 1. The highest BCUT2D eigenvalue weighted by Crippen LogP contribution is 2.24. The molecule has 0 radical (unpaired) electrons. The quantitative estimate of drug-likeness (QED) is 0.770. The van der Waals surface area contributed by atoms with E-state index in [1.807, 2.05) is 48.5 Å². The molecule has 4 rings (SSSR count). The average Bonchev–Trinajstić information content (AvgIpc) is 3.13.